The minimum absolute atomic E-state index is 0.266. The molecule has 0 rings (SSSR count). The molecule has 0 radical (unpaired) electrons. The van der Waals surface area contributed by atoms with Gasteiger partial charge in [-0.05, 0) is 13.8 Å². The third-order valence-corrected chi connectivity index (χ3v) is 2.25. The van der Waals surface area contributed by atoms with E-state index in [1.54, 1.807) is 0 Å². The molecule has 0 bridgehead atoms. The summed E-state index contributed by atoms with van der Waals surface area (Å²) in [6.45, 7) is 0.508. The van der Waals surface area contributed by atoms with Crippen LogP contribution in [0.2, 0.25) is 0 Å². The fourth-order valence-electron chi connectivity index (χ4n) is 1.45. The number of alkyl halides is 3. The van der Waals surface area contributed by atoms with Crippen molar-refractivity contribution < 1.29 is 37.2 Å². The Kier molecular flexibility index (Phi) is 6.94. The first-order valence-corrected chi connectivity index (χ1v) is 5.66. The number of esters is 2. The fraction of sp³-hybridized carbons (Fsp3) is 0.800. The monoisotopic (exact) mass is 301 g/mol. The van der Waals surface area contributed by atoms with Crippen molar-refractivity contribution in [3.05, 3.63) is 10.1 Å². The molecule has 116 valence electrons. The van der Waals surface area contributed by atoms with Gasteiger partial charge in [0.1, 0.15) is 5.92 Å². The van der Waals surface area contributed by atoms with Gasteiger partial charge in [-0.3, -0.25) is 19.7 Å². The second-order valence-electron chi connectivity index (χ2n) is 3.65. The molecule has 0 aliphatic heterocycles. The van der Waals surface area contributed by atoms with E-state index >= 15 is 0 Å². The van der Waals surface area contributed by atoms with Crippen LogP contribution in [0.3, 0.4) is 0 Å². The Balaban J connectivity index is 5.45. The first-order valence-electron chi connectivity index (χ1n) is 5.66. The first kappa shape index (κ1) is 18.1. The Morgan fingerprint density at radius 2 is 1.55 bits per heavy atom. The van der Waals surface area contributed by atoms with Crippen molar-refractivity contribution in [1.29, 1.82) is 0 Å². The van der Waals surface area contributed by atoms with Crippen LogP contribution in [0, 0.1) is 22.0 Å². The molecule has 0 fully saturated rings. The van der Waals surface area contributed by atoms with Crippen molar-refractivity contribution in [2.24, 2.45) is 11.8 Å². The van der Waals surface area contributed by atoms with E-state index < -0.39 is 41.4 Å². The number of hydrogen-bond donors (Lipinski definition) is 0. The van der Waals surface area contributed by atoms with E-state index in [0.29, 0.717) is 0 Å². The van der Waals surface area contributed by atoms with Gasteiger partial charge in [-0.15, -0.1) is 0 Å². The summed E-state index contributed by atoms with van der Waals surface area (Å²) in [5.74, 6) is -8.18. The maximum Gasteiger partial charge on any atom is 0.399 e. The topological polar surface area (TPSA) is 95.7 Å². The normalized spacial score (nSPS) is 12.9. The van der Waals surface area contributed by atoms with Gasteiger partial charge in [0, 0.05) is 4.92 Å². The van der Waals surface area contributed by atoms with E-state index in [1.807, 2.05) is 0 Å². The van der Waals surface area contributed by atoms with Crippen molar-refractivity contribution in [3.63, 3.8) is 0 Å². The summed E-state index contributed by atoms with van der Waals surface area (Å²) in [6.07, 6.45) is -5.11. The summed E-state index contributed by atoms with van der Waals surface area (Å²) in [7, 11) is 0. The zero-order chi connectivity index (χ0) is 15.9. The molecule has 0 aromatic rings. The summed E-state index contributed by atoms with van der Waals surface area (Å²) in [5.41, 5.74) is 0. The molecule has 0 heterocycles. The minimum atomic E-state index is -5.11. The molecule has 0 amide bonds. The first-order chi connectivity index (χ1) is 9.15. The number of carbonyl (C=O) groups is 2. The molecule has 0 saturated carbocycles. The summed E-state index contributed by atoms with van der Waals surface area (Å²) >= 11 is 0. The zero-order valence-electron chi connectivity index (χ0n) is 10.8. The lowest BCUT2D eigenvalue weighted by atomic mass is 9.91. The average molecular weight is 301 g/mol. The molecule has 0 spiro atoms. The maximum atomic E-state index is 12.8. The minimum Gasteiger partial charge on any atom is -0.465 e. The zero-order valence-corrected chi connectivity index (χ0v) is 10.8. The van der Waals surface area contributed by atoms with Gasteiger partial charge in [0.15, 0.2) is 5.92 Å². The van der Waals surface area contributed by atoms with Gasteiger partial charge < -0.3 is 9.47 Å². The van der Waals surface area contributed by atoms with E-state index in [0.717, 1.165) is 0 Å². The number of nitro groups is 1. The highest BCUT2D eigenvalue weighted by Crippen LogP contribution is 2.34. The second kappa shape index (κ2) is 7.65. The third kappa shape index (κ3) is 5.41. The van der Waals surface area contributed by atoms with E-state index in [-0.39, 0.29) is 13.2 Å². The highest BCUT2D eigenvalue weighted by atomic mass is 19.4. The van der Waals surface area contributed by atoms with E-state index in [9.17, 15) is 32.9 Å². The number of halogens is 3. The standard InChI is InChI=1S/C10H14F3NO6/c1-3-19-8(15)7(9(16)20-4-2)6(5-14(17)18)10(11,12)13/h6-7H,3-5H2,1-2H3/t6-/m0/s1. The number of ether oxygens (including phenoxy) is 2. The number of nitrogens with zero attached hydrogens (tertiary/aromatic N) is 1. The van der Waals surface area contributed by atoms with Crippen molar-refractivity contribution in [1.82, 2.24) is 0 Å². The lowest BCUT2D eigenvalue weighted by molar-refractivity contribution is -0.499. The number of hydrogen-bond acceptors (Lipinski definition) is 6. The fourth-order valence-corrected chi connectivity index (χ4v) is 1.45. The lowest BCUT2D eigenvalue weighted by Crippen LogP contribution is -2.45. The Hall–Kier alpha value is -1.87. The van der Waals surface area contributed by atoms with Crippen LogP contribution in [-0.2, 0) is 19.1 Å². The van der Waals surface area contributed by atoms with Crippen LogP contribution in [0.25, 0.3) is 0 Å². The largest absolute Gasteiger partial charge is 0.465 e. The molecule has 1 atom stereocenters. The molecule has 0 N–H and O–H groups in total. The molecule has 0 aromatic carbocycles. The highest BCUT2D eigenvalue weighted by Gasteiger charge is 2.55. The van der Waals surface area contributed by atoms with Crippen LogP contribution in [0.15, 0.2) is 0 Å². The quantitative estimate of drug-likeness (QED) is 0.303. The molecule has 10 heteroatoms. The predicted octanol–water partition coefficient (Wildman–Crippen LogP) is 1.18. The maximum absolute atomic E-state index is 12.8. The summed E-state index contributed by atoms with van der Waals surface area (Å²) in [6, 6.07) is 0. The predicted molar refractivity (Wildman–Crippen MR) is 58.2 cm³/mol. The van der Waals surface area contributed by atoms with Crippen LogP contribution in [0.1, 0.15) is 13.8 Å². The van der Waals surface area contributed by atoms with E-state index in [4.69, 9.17) is 0 Å². The van der Waals surface area contributed by atoms with E-state index in [2.05, 4.69) is 9.47 Å². The summed E-state index contributed by atoms with van der Waals surface area (Å²) in [5, 5.41) is 10.3. The lowest BCUT2D eigenvalue weighted by Gasteiger charge is -2.23. The van der Waals surface area contributed by atoms with Crippen LogP contribution in [-0.4, -0.2) is 42.8 Å². The molecule has 0 aliphatic rings. The van der Waals surface area contributed by atoms with Gasteiger partial charge in [0.05, 0.1) is 13.2 Å². The molecule has 20 heavy (non-hydrogen) atoms. The van der Waals surface area contributed by atoms with Crippen molar-refractivity contribution >= 4 is 11.9 Å². The van der Waals surface area contributed by atoms with E-state index in [1.165, 1.54) is 13.8 Å². The smallest absolute Gasteiger partial charge is 0.399 e. The van der Waals surface area contributed by atoms with Crippen molar-refractivity contribution in [2.75, 3.05) is 19.8 Å². The third-order valence-electron chi connectivity index (χ3n) is 2.25. The van der Waals surface area contributed by atoms with Crippen LogP contribution >= 0.6 is 0 Å². The van der Waals surface area contributed by atoms with Gasteiger partial charge in [-0.25, -0.2) is 0 Å². The average Bonchev–Trinajstić information content (AvgIpc) is 2.27. The Morgan fingerprint density at radius 3 is 1.80 bits per heavy atom. The highest BCUT2D eigenvalue weighted by molar-refractivity contribution is 5.95. The van der Waals surface area contributed by atoms with Crippen LogP contribution < -0.4 is 0 Å². The van der Waals surface area contributed by atoms with Gasteiger partial charge in [0.2, 0.25) is 6.54 Å². The molecular weight excluding hydrogens is 287 g/mol. The Bertz CT molecular complexity index is 352. The Morgan fingerprint density at radius 1 is 1.15 bits per heavy atom. The summed E-state index contributed by atoms with van der Waals surface area (Å²) < 4.78 is 47.2. The second-order valence-corrected chi connectivity index (χ2v) is 3.65. The molecule has 0 aliphatic carbocycles. The molecule has 0 aromatic heterocycles. The molecule has 0 unspecified atom stereocenters. The van der Waals surface area contributed by atoms with Gasteiger partial charge in [0.25, 0.3) is 0 Å². The van der Waals surface area contributed by atoms with Gasteiger partial charge in [-0.2, -0.15) is 13.2 Å². The molecule has 0 saturated heterocycles. The SMILES string of the molecule is CCOC(=O)C(C(=O)OCC)[C@H](C[N+](=O)[O-])C(F)(F)F. The number of carbonyl (C=O) groups excluding carboxylic acids is 2. The Labute approximate surface area is 112 Å². The summed E-state index contributed by atoms with van der Waals surface area (Å²) in [4.78, 5) is 32.0. The van der Waals surface area contributed by atoms with Crippen molar-refractivity contribution in [2.45, 2.75) is 20.0 Å². The van der Waals surface area contributed by atoms with Gasteiger partial charge in [-0.1, -0.05) is 0 Å². The van der Waals surface area contributed by atoms with Crippen LogP contribution in [0.5, 0.6) is 0 Å². The van der Waals surface area contributed by atoms with Crippen LogP contribution in [0.4, 0.5) is 13.2 Å². The van der Waals surface area contributed by atoms with Crippen molar-refractivity contribution in [3.8, 4) is 0 Å². The molecule has 7 nitrogen and oxygen atoms in total. The molecular formula is C10H14F3NO6. The van der Waals surface area contributed by atoms with Gasteiger partial charge >= 0.3 is 18.1 Å². The number of rotatable bonds is 7.